The van der Waals surface area contributed by atoms with E-state index in [0.717, 1.165) is 6.42 Å². The first-order chi connectivity index (χ1) is 8.99. The summed E-state index contributed by atoms with van der Waals surface area (Å²) in [6.07, 6.45) is 6.12. The largest absolute Gasteiger partial charge is 0.484 e. The van der Waals surface area contributed by atoms with Crippen molar-refractivity contribution in [3.05, 3.63) is 29.8 Å². The van der Waals surface area contributed by atoms with Crippen LogP contribution in [0.3, 0.4) is 0 Å². The average molecular weight is 259 g/mol. The molecule has 1 amide bonds. The molecule has 0 bridgehead atoms. The molecule has 0 aliphatic rings. The third-order valence-electron chi connectivity index (χ3n) is 3.28. The van der Waals surface area contributed by atoms with Gasteiger partial charge in [-0.3, -0.25) is 4.79 Å². The van der Waals surface area contributed by atoms with Gasteiger partial charge in [0.15, 0.2) is 6.61 Å². The summed E-state index contributed by atoms with van der Waals surface area (Å²) in [4.78, 5) is 11.3. The maximum Gasteiger partial charge on any atom is 0.258 e. The van der Waals surface area contributed by atoms with Crippen LogP contribution in [0.1, 0.15) is 32.8 Å². The number of hydrogen-bond donors (Lipinski definition) is 1. The lowest BCUT2D eigenvalue weighted by Gasteiger charge is -2.23. The predicted octanol–water partition coefficient (Wildman–Crippen LogP) is 2.50. The molecule has 1 N–H and O–H groups in total. The number of terminal acetylenes is 1. The number of hydrogen-bond acceptors (Lipinski definition) is 2. The van der Waals surface area contributed by atoms with Crippen LogP contribution in [0.15, 0.2) is 24.3 Å². The fourth-order valence-corrected chi connectivity index (χ4v) is 1.56. The molecule has 1 aromatic carbocycles. The van der Waals surface area contributed by atoms with Crippen molar-refractivity contribution in [1.29, 1.82) is 0 Å². The topological polar surface area (TPSA) is 38.3 Å². The smallest absolute Gasteiger partial charge is 0.258 e. The summed E-state index contributed by atoms with van der Waals surface area (Å²) in [5.41, 5.74) is 1.42. The minimum atomic E-state index is -0.212. The van der Waals surface area contributed by atoms with Gasteiger partial charge in [-0.05, 0) is 29.5 Å². The Morgan fingerprint density at radius 1 is 1.37 bits per heavy atom. The van der Waals surface area contributed by atoms with E-state index in [2.05, 4.69) is 32.0 Å². The van der Waals surface area contributed by atoms with Gasteiger partial charge in [0.2, 0.25) is 0 Å². The predicted molar refractivity (Wildman–Crippen MR) is 77.1 cm³/mol. The van der Waals surface area contributed by atoms with E-state index in [1.165, 1.54) is 5.56 Å². The van der Waals surface area contributed by atoms with Crippen LogP contribution in [-0.4, -0.2) is 19.1 Å². The van der Waals surface area contributed by atoms with E-state index < -0.39 is 0 Å². The Morgan fingerprint density at radius 2 is 2.00 bits per heavy atom. The van der Waals surface area contributed by atoms with Gasteiger partial charge in [0, 0.05) is 0 Å². The quantitative estimate of drug-likeness (QED) is 0.797. The highest BCUT2D eigenvalue weighted by Gasteiger charge is 2.17. The Labute approximate surface area is 115 Å². The molecule has 0 aliphatic carbocycles. The SMILES string of the molecule is C#CCNC(=O)COc1ccc(C(C)(C)CC)cc1. The second kappa shape index (κ2) is 6.84. The molecular formula is C16H21NO2. The zero-order valence-electron chi connectivity index (χ0n) is 11.8. The lowest BCUT2D eigenvalue weighted by atomic mass is 9.82. The summed E-state index contributed by atoms with van der Waals surface area (Å²) in [6, 6.07) is 7.86. The molecule has 19 heavy (non-hydrogen) atoms. The fourth-order valence-electron chi connectivity index (χ4n) is 1.56. The third-order valence-corrected chi connectivity index (χ3v) is 3.28. The summed E-state index contributed by atoms with van der Waals surface area (Å²) < 4.78 is 5.39. The van der Waals surface area contributed by atoms with Crippen molar-refractivity contribution in [3.8, 4) is 18.1 Å². The zero-order chi connectivity index (χ0) is 14.3. The molecule has 0 fully saturated rings. The highest BCUT2D eigenvalue weighted by atomic mass is 16.5. The van der Waals surface area contributed by atoms with Crippen LogP contribution in [-0.2, 0) is 10.2 Å². The number of carbonyl (C=O) groups is 1. The van der Waals surface area contributed by atoms with Crippen molar-refractivity contribution in [3.63, 3.8) is 0 Å². The fraction of sp³-hybridized carbons (Fsp3) is 0.438. The maximum absolute atomic E-state index is 11.3. The van der Waals surface area contributed by atoms with E-state index in [1.807, 2.05) is 24.3 Å². The van der Waals surface area contributed by atoms with Crippen molar-refractivity contribution in [2.75, 3.05) is 13.2 Å². The summed E-state index contributed by atoms with van der Waals surface area (Å²) >= 11 is 0. The number of benzene rings is 1. The minimum absolute atomic E-state index is 0.0157. The van der Waals surface area contributed by atoms with Gasteiger partial charge in [0.25, 0.3) is 5.91 Å². The van der Waals surface area contributed by atoms with Crippen LogP contribution < -0.4 is 10.1 Å². The Balaban J connectivity index is 2.54. The first-order valence-corrected chi connectivity index (χ1v) is 6.43. The number of rotatable bonds is 6. The van der Waals surface area contributed by atoms with E-state index in [-0.39, 0.29) is 24.5 Å². The van der Waals surface area contributed by atoms with Crippen molar-refractivity contribution in [1.82, 2.24) is 5.32 Å². The summed E-state index contributed by atoms with van der Waals surface area (Å²) in [6.45, 7) is 6.79. The Bertz CT molecular complexity index is 455. The maximum atomic E-state index is 11.3. The second-order valence-electron chi connectivity index (χ2n) is 5.03. The Morgan fingerprint density at radius 3 is 2.53 bits per heavy atom. The van der Waals surface area contributed by atoms with E-state index in [0.29, 0.717) is 5.75 Å². The normalized spacial score (nSPS) is 10.6. The molecule has 3 heteroatoms. The van der Waals surface area contributed by atoms with Gasteiger partial charge in [-0.1, -0.05) is 38.8 Å². The van der Waals surface area contributed by atoms with Gasteiger partial charge in [0.1, 0.15) is 5.75 Å². The van der Waals surface area contributed by atoms with Crippen molar-refractivity contribution in [2.45, 2.75) is 32.6 Å². The molecule has 0 spiro atoms. The molecule has 0 radical (unpaired) electrons. The van der Waals surface area contributed by atoms with E-state index in [4.69, 9.17) is 11.2 Å². The highest BCUT2D eigenvalue weighted by Crippen LogP contribution is 2.27. The molecule has 0 atom stereocenters. The first-order valence-electron chi connectivity index (χ1n) is 6.43. The summed E-state index contributed by atoms with van der Waals surface area (Å²) in [5.74, 6) is 2.81. The number of ether oxygens (including phenoxy) is 1. The molecule has 1 rings (SSSR count). The summed E-state index contributed by atoms with van der Waals surface area (Å²) in [5, 5.41) is 2.55. The van der Waals surface area contributed by atoms with Crippen LogP contribution in [0, 0.1) is 12.3 Å². The van der Waals surface area contributed by atoms with Gasteiger partial charge in [-0.25, -0.2) is 0 Å². The van der Waals surface area contributed by atoms with Crippen LogP contribution in [0.25, 0.3) is 0 Å². The third kappa shape index (κ3) is 4.67. The van der Waals surface area contributed by atoms with Gasteiger partial charge in [0.05, 0.1) is 6.54 Å². The lowest BCUT2D eigenvalue weighted by Crippen LogP contribution is -2.29. The average Bonchev–Trinajstić information content (AvgIpc) is 2.43. The van der Waals surface area contributed by atoms with Crippen LogP contribution in [0.4, 0.5) is 0 Å². The van der Waals surface area contributed by atoms with E-state index in [9.17, 15) is 4.79 Å². The number of nitrogens with one attached hydrogen (secondary N) is 1. The van der Waals surface area contributed by atoms with Crippen LogP contribution >= 0.6 is 0 Å². The molecule has 0 saturated carbocycles. The number of amides is 1. The van der Waals surface area contributed by atoms with E-state index >= 15 is 0 Å². The van der Waals surface area contributed by atoms with Gasteiger partial charge >= 0.3 is 0 Å². The molecular weight excluding hydrogens is 238 g/mol. The van der Waals surface area contributed by atoms with E-state index in [1.54, 1.807) is 0 Å². The molecule has 0 heterocycles. The lowest BCUT2D eigenvalue weighted by molar-refractivity contribution is -0.122. The molecule has 0 aromatic heterocycles. The molecule has 102 valence electrons. The minimum Gasteiger partial charge on any atom is -0.484 e. The molecule has 3 nitrogen and oxygen atoms in total. The molecule has 1 aromatic rings. The molecule has 0 saturated heterocycles. The van der Waals surface area contributed by atoms with Gasteiger partial charge in [-0.15, -0.1) is 6.42 Å². The monoisotopic (exact) mass is 259 g/mol. The van der Waals surface area contributed by atoms with Gasteiger partial charge in [-0.2, -0.15) is 0 Å². The molecule has 0 unspecified atom stereocenters. The highest BCUT2D eigenvalue weighted by molar-refractivity contribution is 5.77. The van der Waals surface area contributed by atoms with Crippen molar-refractivity contribution in [2.24, 2.45) is 0 Å². The zero-order valence-corrected chi connectivity index (χ0v) is 11.8. The molecule has 0 aliphatic heterocycles. The summed E-state index contributed by atoms with van der Waals surface area (Å²) in [7, 11) is 0. The Kier molecular flexibility index (Phi) is 5.44. The van der Waals surface area contributed by atoms with Crippen molar-refractivity contribution >= 4 is 5.91 Å². The second-order valence-corrected chi connectivity index (χ2v) is 5.03. The Hall–Kier alpha value is -1.95. The standard InChI is InChI=1S/C16H21NO2/c1-5-11-17-15(18)12-19-14-9-7-13(8-10-14)16(3,4)6-2/h1,7-10H,6,11-12H2,2-4H3,(H,17,18). The first kappa shape index (κ1) is 15.1. The number of carbonyl (C=O) groups excluding carboxylic acids is 1. The van der Waals surface area contributed by atoms with Crippen LogP contribution in [0.2, 0.25) is 0 Å². The van der Waals surface area contributed by atoms with Gasteiger partial charge < -0.3 is 10.1 Å². The van der Waals surface area contributed by atoms with Crippen molar-refractivity contribution < 1.29 is 9.53 Å². The van der Waals surface area contributed by atoms with Crippen LogP contribution in [0.5, 0.6) is 5.75 Å².